The number of sulfone groups is 2. The first-order chi connectivity index (χ1) is 23.6. The number of hydrogen-bond donors (Lipinski definition) is 5. The molecule has 3 aromatic rings. The first kappa shape index (κ1) is 40.9. The molecule has 0 bridgehead atoms. The minimum atomic E-state index is -5.06. The van der Waals surface area contributed by atoms with E-state index in [0.717, 1.165) is 30.3 Å². The van der Waals surface area contributed by atoms with Gasteiger partial charge in [0.2, 0.25) is 0 Å². The third-order valence-electron chi connectivity index (χ3n) is 5.82. The fraction of sp³-hybridized carbons (Fsp3) is 0.217. The minimum Gasteiger partial charge on any atom is -0.506 e. The Hall–Kier alpha value is -3.55. The smallest absolute Gasteiger partial charge is 0.296 e. The lowest BCUT2D eigenvalue weighted by atomic mass is 10.2. The lowest BCUT2D eigenvalue weighted by Gasteiger charge is -2.09. The molecule has 0 spiro atoms. The fourth-order valence-electron chi connectivity index (χ4n) is 3.54. The van der Waals surface area contributed by atoms with Crippen LogP contribution >= 0.6 is 24.6 Å². The molecule has 27 heteroatoms. The van der Waals surface area contributed by atoms with Crippen LogP contribution in [0.25, 0.3) is 0 Å². The summed E-state index contributed by atoms with van der Waals surface area (Å²) in [6, 6.07) is 8.38. The normalized spacial score (nSPS) is 12.6. The molecule has 3 rings (SSSR count). The van der Waals surface area contributed by atoms with Gasteiger partial charge in [0.25, 0.3) is 10.1 Å². The molecule has 0 saturated heterocycles. The van der Waals surface area contributed by atoms with Crippen LogP contribution in [0, 0.1) is 0 Å². The predicted octanol–water partition coefficient (Wildman–Crippen LogP) is 4.61. The van der Waals surface area contributed by atoms with Crippen LogP contribution < -0.4 is 10.5 Å². The highest BCUT2D eigenvalue weighted by Gasteiger charge is 2.23. The quantitative estimate of drug-likeness (QED) is 0.0198. The van der Waals surface area contributed by atoms with Crippen molar-refractivity contribution in [3.63, 3.8) is 0 Å². The van der Waals surface area contributed by atoms with Crippen molar-refractivity contribution in [2.45, 2.75) is 14.7 Å². The number of phenolic OH excluding ortho intramolecular Hbond substituents is 1. The van der Waals surface area contributed by atoms with E-state index >= 15 is 0 Å². The van der Waals surface area contributed by atoms with E-state index in [1.165, 1.54) is 19.2 Å². The first-order valence-electron chi connectivity index (χ1n) is 12.9. The molecular formula is C23H25N5O17S5. The Labute approximate surface area is 291 Å². The van der Waals surface area contributed by atoms with Crippen molar-refractivity contribution in [3.8, 4) is 11.5 Å². The van der Waals surface area contributed by atoms with Gasteiger partial charge in [0.1, 0.15) is 39.1 Å². The third-order valence-corrected chi connectivity index (χ3v) is 10.8. The first-order valence-corrected chi connectivity index (χ1v) is 18.9. The predicted molar refractivity (Wildman–Crippen MR) is 171 cm³/mol. The number of nitrogen functional groups attached to an aromatic ring is 1. The van der Waals surface area contributed by atoms with E-state index in [1.807, 2.05) is 0 Å². The number of nitrogens with zero attached hydrogens (tertiary/aromatic N) is 4. The molecule has 274 valence electrons. The zero-order valence-corrected chi connectivity index (χ0v) is 29.0. The fourth-order valence-corrected chi connectivity index (χ4v) is 7.12. The number of anilines is 1. The standard InChI is InChI=1S/C23H25N5O17S5/c1-39-22-5-3-14(48(32,33)8-6-40-46-44-42-30)10-20(22)28-26-18-13-19(21(29)12-16(18)24)27-25-17-4-2-15(11-23(17)50(36,37)38)49(34,35)9-7-41-47-45-43-31/h2-5,10-13,29-31H,6-9,24H2,1H3,(H,36,37,38)/b27-25+,28-26+. The van der Waals surface area contributed by atoms with Crippen molar-refractivity contribution in [1.29, 1.82) is 0 Å². The summed E-state index contributed by atoms with van der Waals surface area (Å²) in [5.74, 6) is -1.60. The van der Waals surface area contributed by atoms with Gasteiger partial charge < -0.3 is 15.6 Å². The zero-order valence-electron chi connectivity index (χ0n) is 25.0. The van der Waals surface area contributed by atoms with Gasteiger partial charge >= 0.3 is 0 Å². The summed E-state index contributed by atoms with van der Waals surface area (Å²) in [6.45, 7) is -0.815. The van der Waals surface area contributed by atoms with Crippen molar-refractivity contribution in [1.82, 2.24) is 0 Å². The van der Waals surface area contributed by atoms with Crippen molar-refractivity contribution in [2.75, 3.05) is 37.6 Å². The summed E-state index contributed by atoms with van der Waals surface area (Å²) in [6.07, 6.45) is 0. The maximum Gasteiger partial charge on any atom is 0.296 e. The maximum absolute atomic E-state index is 12.7. The Morgan fingerprint density at radius 2 is 1.22 bits per heavy atom. The lowest BCUT2D eigenvalue weighted by Crippen LogP contribution is -2.12. The molecule has 0 radical (unpaired) electrons. The van der Waals surface area contributed by atoms with E-state index in [4.69, 9.17) is 29.4 Å². The van der Waals surface area contributed by atoms with Crippen LogP contribution in [0.2, 0.25) is 0 Å². The van der Waals surface area contributed by atoms with Crippen LogP contribution in [0.5, 0.6) is 11.5 Å². The molecule has 0 heterocycles. The Morgan fingerprint density at radius 1 is 0.700 bits per heavy atom. The highest BCUT2D eigenvalue weighted by molar-refractivity contribution is 7.92. The average Bonchev–Trinajstić information content (AvgIpc) is 3.06. The number of phenols is 1. The number of nitrogens with two attached hydrogens (primary N) is 1. The molecular weight excluding hydrogens is 779 g/mol. The third kappa shape index (κ3) is 11.8. The molecule has 0 aliphatic carbocycles. The Morgan fingerprint density at radius 3 is 1.78 bits per heavy atom. The summed E-state index contributed by atoms with van der Waals surface area (Å²) in [5, 5.41) is 48.6. The van der Waals surface area contributed by atoms with Gasteiger partial charge in [0.15, 0.2) is 44.3 Å². The van der Waals surface area contributed by atoms with Crippen molar-refractivity contribution in [2.24, 2.45) is 20.5 Å². The molecule has 0 fully saturated rings. The van der Waals surface area contributed by atoms with E-state index < -0.39 is 69.1 Å². The number of aromatic hydroxyl groups is 1. The van der Waals surface area contributed by atoms with Crippen molar-refractivity contribution in [3.05, 3.63) is 48.5 Å². The Kier molecular flexibility index (Phi) is 15.2. The second kappa shape index (κ2) is 18.6. The molecule has 6 N–H and O–H groups in total. The van der Waals surface area contributed by atoms with Crippen LogP contribution in [0.1, 0.15) is 0 Å². The number of hydrogen-bond acceptors (Lipinski definition) is 23. The monoisotopic (exact) mass is 803 g/mol. The topological polar surface area (TPSA) is 323 Å². The molecule has 0 aromatic heterocycles. The van der Waals surface area contributed by atoms with E-state index in [1.54, 1.807) is 0 Å². The molecule has 0 atom stereocenters. The van der Waals surface area contributed by atoms with Gasteiger partial charge in [0.05, 0.1) is 47.3 Å². The number of methoxy groups -OCH3 is 1. The number of ether oxygens (including phenoxy) is 1. The van der Waals surface area contributed by atoms with Gasteiger partial charge in [-0.25, -0.2) is 27.4 Å². The van der Waals surface area contributed by atoms with Gasteiger partial charge in [-0.2, -0.15) is 8.42 Å². The van der Waals surface area contributed by atoms with E-state index in [-0.39, 0.29) is 64.6 Å². The van der Waals surface area contributed by atoms with Crippen LogP contribution in [0.3, 0.4) is 0 Å². The van der Waals surface area contributed by atoms with Crippen LogP contribution in [-0.2, 0) is 56.9 Å². The van der Waals surface area contributed by atoms with Gasteiger partial charge in [-0.1, -0.05) is 10.1 Å². The number of azo groups is 2. The Balaban J connectivity index is 1.90. The van der Waals surface area contributed by atoms with E-state index in [0.29, 0.717) is 6.07 Å². The van der Waals surface area contributed by atoms with Crippen LogP contribution in [0.15, 0.2) is 83.7 Å². The molecule has 22 nitrogen and oxygen atoms in total. The van der Waals surface area contributed by atoms with Gasteiger partial charge in [-0.05, 0) is 42.5 Å². The molecule has 0 unspecified atom stereocenters. The maximum atomic E-state index is 12.7. The highest BCUT2D eigenvalue weighted by Crippen LogP contribution is 2.39. The summed E-state index contributed by atoms with van der Waals surface area (Å²) in [5.41, 5.74) is 4.81. The van der Waals surface area contributed by atoms with Crippen molar-refractivity contribution >= 4 is 82.9 Å². The zero-order chi connectivity index (χ0) is 37.0. The van der Waals surface area contributed by atoms with Gasteiger partial charge in [-0.3, -0.25) is 12.9 Å². The SMILES string of the molecule is COc1ccc(S(=O)(=O)CCOSOOO)cc1/N=N/c1cc(/N=N/c2ccc(S(=O)(=O)CCOSOOO)cc2S(=O)(=O)O)c(O)cc1N. The summed E-state index contributed by atoms with van der Waals surface area (Å²) >= 11 is 0.337. The minimum absolute atomic E-state index is 0.0535. The molecule has 3 aromatic carbocycles. The second-order valence-electron chi connectivity index (χ2n) is 8.94. The average molecular weight is 804 g/mol. The van der Waals surface area contributed by atoms with Gasteiger partial charge in [-0.15, -0.1) is 29.1 Å². The molecule has 0 amide bonds. The molecule has 0 aliphatic rings. The largest absolute Gasteiger partial charge is 0.506 e. The molecule has 0 saturated carbocycles. The number of benzene rings is 3. The summed E-state index contributed by atoms with van der Waals surface area (Å²) in [4.78, 5) is -1.65. The van der Waals surface area contributed by atoms with Gasteiger partial charge in [0, 0.05) is 6.07 Å². The summed E-state index contributed by atoms with van der Waals surface area (Å²) in [7, 11) is -11.9. The molecule has 0 aliphatic heterocycles. The lowest BCUT2D eigenvalue weighted by molar-refractivity contribution is -0.434. The van der Waals surface area contributed by atoms with E-state index in [9.17, 15) is 34.9 Å². The highest BCUT2D eigenvalue weighted by atomic mass is 32.2. The van der Waals surface area contributed by atoms with Crippen LogP contribution in [0.4, 0.5) is 28.4 Å². The van der Waals surface area contributed by atoms with Crippen molar-refractivity contribution < 1.29 is 77.3 Å². The van der Waals surface area contributed by atoms with E-state index in [2.05, 4.69) is 39.2 Å². The number of rotatable bonds is 20. The van der Waals surface area contributed by atoms with Crippen LogP contribution in [-0.4, -0.2) is 77.3 Å². The molecule has 50 heavy (non-hydrogen) atoms. The Bertz CT molecular complexity index is 2030. The summed E-state index contributed by atoms with van der Waals surface area (Å²) < 4.78 is 107. The second-order valence-corrected chi connectivity index (χ2v) is 15.6.